The van der Waals surface area contributed by atoms with Crippen LogP contribution in [0.3, 0.4) is 0 Å². The number of aromatic nitrogens is 2. The van der Waals surface area contributed by atoms with Crippen LogP contribution in [0.4, 0.5) is 5.69 Å². The largest absolute Gasteiger partial charge is 0.352 e. The summed E-state index contributed by atoms with van der Waals surface area (Å²) < 4.78 is 2.55. The lowest BCUT2D eigenvalue weighted by Crippen LogP contribution is -2.33. The van der Waals surface area contributed by atoms with Gasteiger partial charge < -0.3 is 20.1 Å². The number of amides is 1. The van der Waals surface area contributed by atoms with E-state index >= 15 is 0 Å². The third kappa shape index (κ3) is 5.03. The molecule has 0 bridgehead atoms. The van der Waals surface area contributed by atoms with E-state index in [1.165, 1.54) is 49.1 Å². The van der Waals surface area contributed by atoms with Crippen molar-refractivity contribution in [2.75, 3.05) is 11.9 Å². The number of thiocarbonyl (C=S) groups is 1. The van der Waals surface area contributed by atoms with Crippen LogP contribution in [0.5, 0.6) is 0 Å². The van der Waals surface area contributed by atoms with E-state index in [0.717, 1.165) is 11.4 Å². The second-order valence-corrected chi connectivity index (χ2v) is 10.4. The first-order chi connectivity index (χ1) is 17.5. The van der Waals surface area contributed by atoms with E-state index in [2.05, 4.69) is 51.1 Å². The maximum atomic E-state index is 12.8. The predicted octanol–water partition coefficient (Wildman–Crippen LogP) is 6.01. The molecule has 2 N–H and O–H groups in total. The molecular weight excluding hydrogens is 466 g/mol. The zero-order valence-electron chi connectivity index (χ0n) is 21.1. The number of benzene rings is 1. The molecule has 1 amide bonds. The van der Waals surface area contributed by atoms with Gasteiger partial charge in [0.15, 0.2) is 5.11 Å². The number of carbonyl (C=O) groups is 1. The smallest absolute Gasteiger partial charge is 0.226 e. The Morgan fingerprint density at radius 2 is 1.83 bits per heavy atom. The number of para-hydroxylation sites is 1. The third-order valence-electron chi connectivity index (χ3n) is 7.62. The fourth-order valence-corrected chi connectivity index (χ4v) is 6.29. The van der Waals surface area contributed by atoms with E-state index in [-0.39, 0.29) is 18.0 Å². The van der Waals surface area contributed by atoms with Crippen molar-refractivity contribution in [3.05, 3.63) is 83.4 Å². The first-order valence-corrected chi connectivity index (χ1v) is 13.4. The van der Waals surface area contributed by atoms with E-state index in [1.54, 1.807) is 0 Å². The molecule has 36 heavy (non-hydrogen) atoms. The minimum absolute atomic E-state index is 0.0169. The van der Waals surface area contributed by atoms with Crippen LogP contribution in [-0.4, -0.2) is 32.0 Å². The van der Waals surface area contributed by atoms with Crippen molar-refractivity contribution in [2.45, 2.75) is 70.5 Å². The maximum absolute atomic E-state index is 12.8. The highest BCUT2D eigenvalue weighted by Crippen LogP contribution is 2.42. The summed E-state index contributed by atoms with van der Waals surface area (Å²) in [5.74, 6) is -0.0169. The topological polar surface area (TPSA) is 62.2 Å². The number of nitrogens with one attached hydrogen (secondary N) is 2. The van der Waals surface area contributed by atoms with Gasteiger partial charge in [-0.05, 0) is 74.8 Å². The molecule has 2 atom stereocenters. The van der Waals surface area contributed by atoms with Crippen LogP contribution < -0.4 is 10.6 Å². The molecule has 5 rings (SSSR count). The Morgan fingerprint density at radius 1 is 1.08 bits per heavy atom. The van der Waals surface area contributed by atoms with Crippen molar-refractivity contribution in [2.24, 2.45) is 0 Å². The molecule has 3 aromatic rings. The number of carbonyl (C=O) groups excluding carboxylic acids is 1. The van der Waals surface area contributed by atoms with Crippen molar-refractivity contribution in [3.63, 3.8) is 0 Å². The molecule has 2 aromatic heterocycles. The average molecular weight is 502 g/mol. The minimum atomic E-state index is -0.0730. The van der Waals surface area contributed by atoms with Crippen LogP contribution in [0, 0.1) is 13.8 Å². The third-order valence-corrected chi connectivity index (χ3v) is 7.97. The molecule has 188 valence electrons. The van der Waals surface area contributed by atoms with E-state index in [1.807, 2.05) is 48.7 Å². The highest BCUT2D eigenvalue weighted by atomic mass is 32.1. The highest BCUT2D eigenvalue weighted by molar-refractivity contribution is 7.80. The van der Waals surface area contributed by atoms with E-state index in [4.69, 9.17) is 12.2 Å². The summed E-state index contributed by atoms with van der Waals surface area (Å²) in [6.07, 6.45) is 8.59. The molecule has 2 aliphatic rings. The minimum Gasteiger partial charge on any atom is -0.352 e. The Balaban J connectivity index is 1.43. The van der Waals surface area contributed by atoms with Gasteiger partial charge in [0.1, 0.15) is 0 Å². The number of aryl methyl sites for hydroxylation is 1. The number of hydrogen-bond donors (Lipinski definition) is 2. The summed E-state index contributed by atoms with van der Waals surface area (Å²) in [4.78, 5) is 19.6. The molecule has 0 unspecified atom stereocenters. The number of hydrogen-bond acceptors (Lipinski definition) is 3. The lowest BCUT2D eigenvalue weighted by atomic mass is 9.94. The number of pyridine rings is 1. The summed E-state index contributed by atoms with van der Waals surface area (Å²) in [6, 6.07) is 18.4. The van der Waals surface area contributed by atoms with Gasteiger partial charge in [-0.2, -0.15) is 0 Å². The number of anilines is 1. The Hall–Kier alpha value is -3.19. The molecule has 7 heteroatoms. The summed E-state index contributed by atoms with van der Waals surface area (Å²) >= 11 is 5.83. The average Bonchev–Trinajstić information content (AvgIpc) is 3.38. The lowest BCUT2D eigenvalue weighted by Gasteiger charge is -2.29. The van der Waals surface area contributed by atoms with Gasteiger partial charge in [-0.25, -0.2) is 0 Å². The van der Waals surface area contributed by atoms with Gasteiger partial charge in [0.2, 0.25) is 5.91 Å². The van der Waals surface area contributed by atoms with Crippen LogP contribution in [-0.2, 0) is 4.79 Å². The number of nitrogens with zero attached hydrogens (tertiary/aromatic N) is 3. The van der Waals surface area contributed by atoms with Crippen LogP contribution in [0.15, 0.2) is 60.8 Å². The zero-order chi connectivity index (χ0) is 25.1. The van der Waals surface area contributed by atoms with Crippen molar-refractivity contribution < 1.29 is 4.79 Å². The SMILES string of the molecule is Cc1cc([C@@H]2[C@@H](c3ccccn3)NC(=S)N2CCC(=O)Nc2ccccc2)c(C)n1C1CCCCC1. The molecule has 0 spiro atoms. The maximum Gasteiger partial charge on any atom is 0.226 e. The summed E-state index contributed by atoms with van der Waals surface area (Å²) in [7, 11) is 0. The van der Waals surface area contributed by atoms with Crippen molar-refractivity contribution in [1.82, 2.24) is 19.8 Å². The number of rotatable bonds is 7. The van der Waals surface area contributed by atoms with Gasteiger partial charge in [-0.3, -0.25) is 9.78 Å². The Morgan fingerprint density at radius 3 is 2.56 bits per heavy atom. The zero-order valence-corrected chi connectivity index (χ0v) is 21.9. The molecule has 2 fully saturated rings. The Bertz CT molecular complexity index is 1200. The summed E-state index contributed by atoms with van der Waals surface area (Å²) in [5.41, 5.74) is 5.64. The quantitative estimate of drug-likeness (QED) is 0.389. The van der Waals surface area contributed by atoms with Crippen molar-refractivity contribution in [1.29, 1.82) is 0 Å². The monoisotopic (exact) mass is 501 g/mol. The second kappa shape index (κ2) is 10.8. The first kappa shape index (κ1) is 24.5. The van der Waals surface area contributed by atoms with Crippen molar-refractivity contribution in [3.8, 4) is 0 Å². The molecule has 6 nitrogen and oxygen atoms in total. The first-order valence-electron chi connectivity index (χ1n) is 13.0. The fraction of sp³-hybridized carbons (Fsp3) is 0.414. The van der Waals surface area contributed by atoms with Gasteiger partial charge in [-0.15, -0.1) is 0 Å². The van der Waals surface area contributed by atoms with Gasteiger partial charge in [-0.1, -0.05) is 43.5 Å². The van der Waals surface area contributed by atoms with Crippen LogP contribution in [0.25, 0.3) is 0 Å². The summed E-state index contributed by atoms with van der Waals surface area (Å²) in [5, 5.41) is 7.20. The molecule has 3 heterocycles. The Labute approximate surface area is 219 Å². The van der Waals surface area contributed by atoms with Crippen LogP contribution in [0.1, 0.15) is 79.3 Å². The molecule has 1 saturated heterocycles. The lowest BCUT2D eigenvalue weighted by molar-refractivity contribution is -0.116. The summed E-state index contributed by atoms with van der Waals surface area (Å²) in [6.45, 7) is 5.00. The standard InChI is InChI=1S/C29H35N5OS/c1-20-19-24(21(2)34(20)23-13-7-4-8-14-23)28-27(25-15-9-10-17-30-25)32-29(36)33(28)18-16-26(35)31-22-11-5-3-6-12-22/h3,5-6,9-12,15,17,19,23,27-28H,4,7-8,13-14,16,18H2,1-2H3,(H,31,35)(H,32,36)/t27-,28-/m1/s1. The molecular formula is C29H35N5OS. The van der Waals surface area contributed by atoms with E-state index in [9.17, 15) is 4.79 Å². The second-order valence-electron chi connectivity index (χ2n) is 9.97. The van der Waals surface area contributed by atoms with Gasteiger partial charge in [0, 0.05) is 42.3 Å². The van der Waals surface area contributed by atoms with Gasteiger partial charge in [0.05, 0.1) is 17.8 Å². The predicted molar refractivity (Wildman–Crippen MR) is 148 cm³/mol. The van der Waals surface area contributed by atoms with Crippen LogP contribution in [0.2, 0.25) is 0 Å². The van der Waals surface area contributed by atoms with Gasteiger partial charge in [0.25, 0.3) is 0 Å². The molecule has 0 radical (unpaired) electrons. The van der Waals surface area contributed by atoms with Gasteiger partial charge >= 0.3 is 0 Å². The molecule has 1 aromatic carbocycles. The Kier molecular flexibility index (Phi) is 7.37. The molecule has 1 aliphatic carbocycles. The fourth-order valence-electron chi connectivity index (χ4n) is 5.95. The van der Waals surface area contributed by atoms with Crippen molar-refractivity contribution >= 4 is 28.9 Å². The van der Waals surface area contributed by atoms with E-state index < -0.39 is 0 Å². The molecule has 1 saturated carbocycles. The van der Waals surface area contributed by atoms with E-state index in [0.29, 0.717) is 24.1 Å². The normalized spacial score (nSPS) is 20.4. The molecule has 1 aliphatic heterocycles. The highest BCUT2D eigenvalue weighted by Gasteiger charge is 2.41. The van der Waals surface area contributed by atoms with Crippen LogP contribution >= 0.6 is 12.2 Å².